The van der Waals surface area contributed by atoms with Gasteiger partial charge in [0.05, 0.1) is 4.90 Å². The molecular formula is C7H7N4O3S. The van der Waals surface area contributed by atoms with Crippen LogP contribution in [0.2, 0.25) is 0 Å². The lowest BCUT2D eigenvalue weighted by Crippen LogP contribution is -2.16. The molecule has 0 aliphatic rings. The van der Waals surface area contributed by atoms with E-state index in [1.807, 2.05) is 4.72 Å². The second kappa shape index (κ2) is 3.17. The normalized spacial score (nSPS) is 12.1. The minimum atomic E-state index is -3.63. The third-order valence-electron chi connectivity index (χ3n) is 1.90. The SMILES string of the molecule is [CH2]NS(=O)(=O)c1ccc2nnn(O)c2c1. The van der Waals surface area contributed by atoms with Gasteiger partial charge in [-0.05, 0) is 23.4 Å². The highest BCUT2D eigenvalue weighted by atomic mass is 32.2. The molecule has 0 unspecified atom stereocenters. The Hall–Kier alpha value is -1.67. The first kappa shape index (κ1) is 9.87. The average molecular weight is 227 g/mol. The fourth-order valence-electron chi connectivity index (χ4n) is 1.14. The smallest absolute Gasteiger partial charge is 0.240 e. The summed E-state index contributed by atoms with van der Waals surface area (Å²) in [5.74, 6) is 0. The highest BCUT2D eigenvalue weighted by Gasteiger charge is 2.13. The Labute approximate surface area is 85.3 Å². The van der Waals surface area contributed by atoms with Crippen molar-refractivity contribution < 1.29 is 13.6 Å². The van der Waals surface area contributed by atoms with E-state index in [0.717, 1.165) is 0 Å². The van der Waals surface area contributed by atoms with Crippen molar-refractivity contribution in [3.63, 3.8) is 0 Å². The maximum atomic E-state index is 11.4. The molecule has 0 spiro atoms. The summed E-state index contributed by atoms with van der Waals surface area (Å²) in [5.41, 5.74) is 0.617. The number of aromatic nitrogens is 3. The Morgan fingerprint density at radius 1 is 1.47 bits per heavy atom. The van der Waals surface area contributed by atoms with Crippen LogP contribution < -0.4 is 4.72 Å². The number of sulfonamides is 1. The van der Waals surface area contributed by atoms with E-state index in [4.69, 9.17) is 0 Å². The van der Waals surface area contributed by atoms with Crippen molar-refractivity contribution in [2.24, 2.45) is 0 Å². The van der Waals surface area contributed by atoms with Gasteiger partial charge in [0, 0.05) is 7.05 Å². The second-order valence-corrected chi connectivity index (χ2v) is 4.54. The van der Waals surface area contributed by atoms with E-state index >= 15 is 0 Å². The molecule has 0 aliphatic carbocycles. The standard InChI is InChI=1S/C7H7N4O3S/c1-8-15(13,14)5-2-3-6-7(4-5)11(12)10-9-6/h2-4,8,12H,1H2. The van der Waals surface area contributed by atoms with Gasteiger partial charge in [0.1, 0.15) is 11.0 Å². The van der Waals surface area contributed by atoms with Crippen molar-refractivity contribution in [1.29, 1.82) is 0 Å². The molecule has 7 nitrogen and oxygen atoms in total. The van der Waals surface area contributed by atoms with Crippen LogP contribution >= 0.6 is 0 Å². The molecule has 0 atom stereocenters. The molecule has 2 aromatic rings. The summed E-state index contributed by atoms with van der Waals surface area (Å²) < 4.78 is 24.7. The first-order valence-corrected chi connectivity index (χ1v) is 5.36. The Balaban J connectivity index is 2.70. The van der Waals surface area contributed by atoms with Gasteiger partial charge in [0.25, 0.3) is 0 Å². The van der Waals surface area contributed by atoms with Gasteiger partial charge in [-0.25, -0.2) is 13.1 Å². The van der Waals surface area contributed by atoms with Gasteiger partial charge in [0.2, 0.25) is 10.0 Å². The van der Waals surface area contributed by atoms with E-state index in [2.05, 4.69) is 17.4 Å². The fraction of sp³-hybridized carbons (Fsp3) is 0. The highest BCUT2D eigenvalue weighted by Crippen LogP contribution is 2.15. The van der Waals surface area contributed by atoms with Crippen LogP contribution in [-0.4, -0.2) is 28.8 Å². The van der Waals surface area contributed by atoms with E-state index in [9.17, 15) is 13.6 Å². The molecule has 2 rings (SSSR count). The van der Waals surface area contributed by atoms with Crippen LogP contribution in [0.3, 0.4) is 0 Å². The molecular weight excluding hydrogens is 220 g/mol. The van der Waals surface area contributed by atoms with Crippen molar-refractivity contribution in [2.75, 3.05) is 0 Å². The molecule has 0 aliphatic heterocycles. The third kappa shape index (κ3) is 1.53. The van der Waals surface area contributed by atoms with E-state index < -0.39 is 10.0 Å². The first-order chi connectivity index (χ1) is 7.04. The van der Waals surface area contributed by atoms with Crippen molar-refractivity contribution in [1.82, 2.24) is 19.9 Å². The van der Waals surface area contributed by atoms with Gasteiger partial charge in [-0.2, -0.15) is 0 Å². The van der Waals surface area contributed by atoms with Gasteiger partial charge in [-0.3, -0.25) is 0 Å². The zero-order chi connectivity index (χ0) is 11.1. The summed E-state index contributed by atoms with van der Waals surface area (Å²) in [6, 6.07) is 4.05. The molecule has 15 heavy (non-hydrogen) atoms. The second-order valence-electron chi connectivity index (χ2n) is 2.78. The maximum Gasteiger partial charge on any atom is 0.240 e. The quantitative estimate of drug-likeness (QED) is 0.689. The molecule has 1 aromatic carbocycles. The van der Waals surface area contributed by atoms with Crippen LogP contribution in [-0.2, 0) is 10.0 Å². The van der Waals surface area contributed by atoms with Crippen LogP contribution in [0.4, 0.5) is 0 Å². The Morgan fingerprint density at radius 3 is 2.87 bits per heavy atom. The summed E-state index contributed by atoms with van der Waals surface area (Å²) >= 11 is 0. The number of nitrogens with one attached hydrogen (secondary N) is 1. The molecule has 1 heterocycles. The monoisotopic (exact) mass is 227 g/mol. The summed E-state index contributed by atoms with van der Waals surface area (Å²) in [5, 5.41) is 16.1. The maximum absolute atomic E-state index is 11.4. The van der Waals surface area contributed by atoms with Gasteiger partial charge < -0.3 is 5.21 Å². The molecule has 0 fully saturated rings. The minimum absolute atomic E-state index is 0.0115. The zero-order valence-corrected chi connectivity index (χ0v) is 8.27. The van der Waals surface area contributed by atoms with Crippen LogP contribution in [0.15, 0.2) is 23.1 Å². The molecule has 0 saturated carbocycles. The predicted octanol–water partition coefficient (Wildman–Crippen LogP) is -0.262. The molecule has 1 radical (unpaired) electrons. The molecule has 2 N–H and O–H groups in total. The van der Waals surface area contributed by atoms with Gasteiger partial charge >= 0.3 is 0 Å². The van der Waals surface area contributed by atoms with Crippen LogP contribution in [0.25, 0.3) is 11.0 Å². The Kier molecular flexibility index (Phi) is 2.09. The Morgan fingerprint density at radius 2 is 2.20 bits per heavy atom. The lowest BCUT2D eigenvalue weighted by atomic mass is 10.3. The summed E-state index contributed by atoms with van der Waals surface area (Å²) in [6.45, 7) is 0. The number of nitrogens with zero attached hydrogens (tertiary/aromatic N) is 3. The summed E-state index contributed by atoms with van der Waals surface area (Å²) in [6.07, 6.45) is 0. The molecule has 8 heteroatoms. The summed E-state index contributed by atoms with van der Waals surface area (Å²) in [7, 11) is -0.540. The van der Waals surface area contributed by atoms with E-state index in [1.165, 1.54) is 18.2 Å². The number of benzene rings is 1. The fourth-order valence-corrected chi connectivity index (χ4v) is 1.82. The zero-order valence-electron chi connectivity index (χ0n) is 7.45. The van der Waals surface area contributed by atoms with Crippen molar-refractivity contribution in [3.05, 3.63) is 25.2 Å². The first-order valence-electron chi connectivity index (χ1n) is 3.88. The molecule has 0 saturated heterocycles. The van der Waals surface area contributed by atoms with E-state index in [-0.39, 0.29) is 10.4 Å². The number of hydrogen-bond donors (Lipinski definition) is 2. The third-order valence-corrected chi connectivity index (χ3v) is 3.15. The van der Waals surface area contributed by atoms with E-state index in [1.54, 1.807) is 0 Å². The van der Waals surface area contributed by atoms with Crippen LogP contribution in [0.5, 0.6) is 0 Å². The number of hydrogen-bond acceptors (Lipinski definition) is 5. The number of fused-ring (bicyclic) bond motifs is 1. The molecule has 0 amide bonds. The lowest BCUT2D eigenvalue weighted by Gasteiger charge is -2.01. The van der Waals surface area contributed by atoms with E-state index in [0.29, 0.717) is 10.4 Å². The summed E-state index contributed by atoms with van der Waals surface area (Å²) in [4.78, 5) is 0.500. The van der Waals surface area contributed by atoms with Crippen LogP contribution in [0.1, 0.15) is 0 Å². The van der Waals surface area contributed by atoms with Gasteiger partial charge in [-0.1, -0.05) is 4.85 Å². The van der Waals surface area contributed by atoms with Crippen molar-refractivity contribution >= 4 is 21.1 Å². The molecule has 79 valence electrons. The minimum Gasteiger partial charge on any atom is -0.410 e. The van der Waals surface area contributed by atoms with Gasteiger partial charge in [0.15, 0.2) is 0 Å². The highest BCUT2D eigenvalue weighted by molar-refractivity contribution is 7.89. The Bertz CT molecular complexity index is 604. The topological polar surface area (TPSA) is 97.1 Å². The molecule has 0 bridgehead atoms. The lowest BCUT2D eigenvalue weighted by molar-refractivity contribution is 0.154. The largest absolute Gasteiger partial charge is 0.410 e. The van der Waals surface area contributed by atoms with Crippen LogP contribution in [0, 0.1) is 7.05 Å². The van der Waals surface area contributed by atoms with Crippen molar-refractivity contribution in [2.45, 2.75) is 4.90 Å². The predicted molar refractivity (Wildman–Crippen MR) is 50.4 cm³/mol. The molecule has 1 aromatic heterocycles. The average Bonchev–Trinajstić information content (AvgIpc) is 2.60. The number of rotatable bonds is 2. The van der Waals surface area contributed by atoms with Crippen molar-refractivity contribution in [3.8, 4) is 0 Å². The van der Waals surface area contributed by atoms with Gasteiger partial charge in [-0.15, -0.1) is 5.10 Å².